The van der Waals surface area contributed by atoms with E-state index in [1.807, 2.05) is 19.1 Å². The molecule has 0 radical (unpaired) electrons. The van der Waals surface area contributed by atoms with E-state index in [1.54, 1.807) is 11.3 Å². The minimum Gasteiger partial charge on any atom is -0.398 e. The van der Waals surface area contributed by atoms with Gasteiger partial charge in [0, 0.05) is 24.3 Å². The lowest BCUT2D eigenvalue weighted by Gasteiger charge is -2.25. The molecule has 0 atom stereocenters. The Morgan fingerprint density at radius 2 is 1.95 bits per heavy atom. The number of piperidine rings is 1. The van der Waals surface area contributed by atoms with Crippen LogP contribution in [-0.4, -0.2) is 23.3 Å². The summed E-state index contributed by atoms with van der Waals surface area (Å²) in [5.41, 5.74) is 8.95. The van der Waals surface area contributed by atoms with Gasteiger partial charge in [0.25, 0.3) is 0 Å². The van der Waals surface area contributed by atoms with Crippen LogP contribution in [0.1, 0.15) is 24.8 Å². The number of nitrogens with two attached hydrogens (primary N) is 1. The summed E-state index contributed by atoms with van der Waals surface area (Å²) in [7, 11) is 0. The van der Waals surface area contributed by atoms with Gasteiger partial charge in [-0.05, 0) is 37.8 Å². The number of hydrogen-bond acceptors (Lipinski definition) is 5. The Bertz CT molecular complexity index is 573. The molecule has 100 valence electrons. The lowest BCUT2D eigenvalue weighted by Crippen LogP contribution is -2.29. The molecule has 5 heteroatoms. The van der Waals surface area contributed by atoms with Crippen LogP contribution < -0.4 is 10.6 Å². The van der Waals surface area contributed by atoms with E-state index in [1.165, 1.54) is 19.3 Å². The van der Waals surface area contributed by atoms with Crippen LogP contribution in [0.25, 0.3) is 10.6 Å². The van der Waals surface area contributed by atoms with Gasteiger partial charge in [-0.3, -0.25) is 0 Å². The fraction of sp³-hybridized carbons (Fsp3) is 0.429. The maximum Gasteiger partial charge on any atom is 0.208 e. The Labute approximate surface area is 117 Å². The Morgan fingerprint density at radius 3 is 2.74 bits per heavy atom. The first-order valence-corrected chi connectivity index (χ1v) is 7.51. The van der Waals surface area contributed by atoms with Crippen molar-refractivity contribution in [2.45, 2.75) is 26.2 Å². The van der Waals surface area contributed by atoms with Gasteiger partial charge >= 0.3 is 0 Å². The first-order chi connectivity index (χ1) is 9.25. The number of nitrogen functional groups attached to an aromatic ring is 1. The summed E-state index contributed by atoms with van der Waals surface area (Å²) in [6.45, 7) is 4.24. The largest absolute Gasteiger partial charge is 0.398 e. The van der Waals surface area contributed by atoms with Crippen molar-refractivity contribution >= 4 is 22.2 Å². The van der Waals surface area contributed by atoms with E-state index in [-0.39, 0.29) is 0 Å². The molecule has 2 heterocycles. The molecule has 4 nitrogen and oxygen atoms in total. The van der Waals surface area contributed by atoms with E-state index in [9.17, 15) is 0 Å². The highest BCUT2D eigenvalue weighted by molar-refractivity contribution is 7.18. The standard InChI is InChI=1S/C14H18N4S/c1-10-11(6-5-7-12(10)15)13-16-17-14(19-13)18-8-3-2-4-9-18/h5-7H,2-4,8-9,15H2,1H3. The fourth-order valence-corrected chi connectivity index (χ4v) is 3.40. The molecule has 1 aliphatic heterocycles. The van der Waals surface area contributed by atoms with Crippen LogP contribution in [-0.2, 0) is 0 Å². The molecule has 0 saturated carbocycles. The highest BCUT2D eigenvalue weighted by Crippen LogP contribution is 2.33. The second kappa shape index (κ2) is 5.17. The number of anilines is 2. The number of aromatic nitrogens is 2. The summed E-state index contributed by atoms with van der Waals surface area (Å²) >= 11 is 1.66. The number of nitrogens with zero attached hydrogens (tertiary/aromatic N) is 3. The van der Waals surface area contributed by atoms with Gasteiger partial charge in [0.15, 0.2) is 0 Å². The smallest absolute Gasteiger partial charge is 0.208 e. The molecule has 1 aromatic heterocycles. The third-order valence-corrected chi connectivity index (χ3v) is 4.66. The number of benzene rings is 1. The summed E-state index contributed by atoms with van der Waals surface area (Å²) in [5, 5.41) is 10.7. The average Bonchev–Trinajstić information content (AvgIpc) is 2.92. The average molecular weight is 274 g/mol. The lowest BCUT2D eigenvalue weighted by atomic mass is 10.1. The van der Waals surface area contributed by atoms with E-state index < -0.39 is 0 Å². The van der Waals surface area contributed by atoms with Crippen LogP contribution in [0, 0.1) is 6.92 Å². The third-order valence-electron chi connectivity index (χ3n) is 3.65. The van der Waals surface area contributed by atoms with Gasteiger partial charge in [-0.2, -0.15) is 0 Å². The molecule has 1 aliphatic rings. The molecule has 0 unspecified atom stereocenters. The van der Waals surface area contributed by atoms with E-state index in [0.717, 1.165) is 40.0 Å². The summed E-state index contributed by atoms with van der Waals surface area (Å²) < 4.78 is 0. The lowest BCUT2D eigenvalue weighted by molar-refractivity contribution is 0.575. The van der Waals surface area contributed by atoms with Crippen molar-refractivity contribution in [3.05, 3.63) is 23.8 Å². The second-order valence-corrected chi connectivity index (χ2v) is 5.91. The molecule has 1 aromatic carbocycles. The Morgan fingerprint density at radius 1 is 1.16 bits per heavy atom. The molecule has 0 amide bonds. The van der Waals surface area contributed by atoms with Gasteiger partial charge in [0.2, 0.25) is 5.13 Å². The number of rotatable bonds is 2. The summed E-state index contributed by atoms with van der Waals surface area (Å²) in [4.78, 5) is 2.34. The van der Waals surface area contributed by atoms with Crippen molar-refractivity contribution in [2.24, 2.45) is 0 Å². The van der Waals surface area contributed by atoms with Gasteiger partial charge in [-0.25, -0.2) is 0 Å². The fourth-order valence-electron chi connectivity index (χ4n) is 2.42. The van der Waals surface area contributed by atoms with Crippen molar-refractivity contribution in [2.75, 3.05) is 23.7 Å². The molecular weight excluding hydrogens is 256 g/mol. The highest BCUT2D eigenvalue weighted by atomic mass is 32.1. The van der Waals surface area contributed by atoms with Gasteiger partial charge in [-0.1, -0.05) is 23.5 Å². The first kappa shape index (κ1) is 12.4. The predicted octanol–water partition coefficient (Wildman–Crippen LogP) is 3.09. The SMILES string of the molecule is Cc1c(N)cccc1-c1nnc(N2CCCCC2)s1. The maximum atomic E-state index is 5.95. The number of hydrogen-bond donors (Lipinski definition) is 1. The van der Waals surface area contributed by atoms with Crippen LogP contribution in [0.4, 0.5) is 10.8 Å². The molecule has 1 fully saturated rings. The van der Waals surface area contributed by atoms with Crippen LogP contribution in [0.3, 0.4) is 0 Å². The van der Waals surface area contributed by atoms with Crippen LogP contribution in [0.2, 0.25) is 0 Å². The normalized spacial score (nSPS) is 15.7. The zero-order chi connectivity index (χ0) is 13.2. The van der Waals surface area contributed by atoms with Crippen molar-refractivity contribution in [3.63, 3.8) is 0 Å². The van der Waals surface area contributed by atoms with Crippen LogP contribution in [0.15, 0.2) is 18.2 Å². The Hall–Kier alpha value is -1.62. The van der Waals surface area contributed by atoms with Crippen LogP contribution in [0.5, 0.6) is 0 Å². The van der Waals surface area contributed by atoms with Crippen molar-refractivity contribution in [3.8, 4) is 10.6 Å². The van der Waals surface area contributed by atoms with Gasteiger partial charge in [0.05, 0.1) is 0 Å². The molecule has 3 rings (SSSR count). The minimum atomic E-state index is 0.812. The van der Waals surface area contributed by atoms with Crippen molar-refractivity contribution in [1.29, 1.82) is 0 Å². The monoisotopic (exact) mass is 274 g/mol. The highest BCUT2D eigenvalue weighted by Gasteiger charge is 2.17. The minimum absolute atomic E-state index is 0.812. The Kier molecular flexibility index (Phi) is 3.38. The quantitative estimate of drug-likeness (QED) is 0.855. The molecule has 1 saturated heterocycles. The summed E-state index contributed by atoms with van der Waals surface area (Å²) in [5.74, 6) is 0. The molecule has 0 spiro atoms. The van der Waals surface area contributed by atoms with E-state index in [4.69, 9.17) is 5.73 Å². The second-order valence-electron chi connectivity index (χ2n) is 4.96. The third kappa shape index (κ3) is 2.42. The zero-order valence-electron chi connectivity index (χ0n) is 11.1. The molecule has 19 heavy (non-hydrogen) atoms. The topological polar surface area (TPSA) is 55.0 Å². The summed E-state index contributed by atoms with van der Waals surface area (Å²) in [6.07, 6.45) is 3.84. The summed E-state index contributed by atoms with van der Waals surface area (Å²) in [6, 6.07) is 5.96. The predicted molar refractivity (Wildman–Crippen MR) is 80.6 cm³/mol. The molecule has 0 bridgehead atoms. The molecule has 2 N–H and O–H groups in total. The van der Waals surface area contributed by atoms with E-state index >= 15 is 0 Å². The molecule has 2 aromatic rings. The van der Waals surface area contributed by atoms with Crippen molar-refractivity contribution in [1.82, 2.24) is 10.2 Å². The Balaban J connectivity index is 1.90. The van der Waals surface area contributed by atoms with Crippen LogP contribution >= 0.6 is 11.3 Å². The molecule has 0 aliphatic carbocycles. The van der Waals surface area contributed by atoms with Gasteiger partial charge in [-0.15, -0.1) is 10.2 Å². The van der Waals surface area contributed by atoms with E-state index in [2.05, 4.69) is 21.2 Å². The first-order valence-electron chi connectivity index (χ1n) is 6.69. The molecular formula is C14H18N4S. The van der Waals surface area contributed by atoms with E-state index in [0.29, 0.717) is 0 Å². The maximum absolute atomic E-state index is 5.95. The zero-order valence-corrected chi connectivity index (χ0v) is 11.9. The van der Waals surface area contributed by atoms with Crippen molar-refractivity contribution < 1.29 is 0 Å². The van der Waals surface area contributed by atoms with Gasteiger partial charge in [0.1, 0.15) is 5.01 Å². The van der Waals surface area contributed by atoms with Gasteiger partial charge < -0.3 is 10.6 Å².